The molecule has 0 aromatic heterocycles. The van der Waals surface area contributed by atoms with Crippen LogP contribution in [0.5, 0.6) is 0 Å². The molecule has 2 aromatic rings. The molecule has 0 atom stereocenters. The highest BCUT2D eigenvalue weighted by molar-refractivity contribution is 7.85. The van der Waals surface area contributed by atoms with E-state index in [-0.39, 0.29) is 11.3 Å². The Morgan fingerprint density at radius 1 is 1.04 bits per heavy atom. The highest BCUT2D eigenvalue weighted by Crippen LogP contribution is 2.08. The predicted octanol–water partition coefficient (Wildman–Crippen LogP) is 2.49. The van der Waals surface area contributed by atoms with Crippen LogP contribution in [-0.4, -0.2) is 30.6 Å². The summed E-state index contributed by atoms with van der Waals surface area (Å²) in [7, 11) is -4.02. The van der Waals surface area contributed by atoms with Gasteiger partial charge in [0, 0.05) is 13.1 Å². The molecule has 0 aliphatic carbocycles. The Balaban J connectivity index is 0.000000243. The Morgan fingerprint density at radius 2 is 1.62 bits per heavy atom. The van der Waals surface area contributed by atoms with Crippen LogP contribution in [0.1, 0.15) is 17.5 Å². The standard InChI is InChI=1S/C10H13NO2.C7H8O3S/c12-10(13)6-7-11-8-9-4-2-1-3-5-9;1-6-2-4-7(5-3-6)11(8,9)10/h1-5,11H,6-8H2,(H,12,13);2-5H,1H3,(H,8,9,10). The van der Waals surface area contributed by atoms with Gasteiger partial charge >= 0.3 is 5.97 Å². The van der Waals surface area contributed by atoms with E-state index in [0.717, 1.165) is 12.1 Å². The molecule has 0 saturated heterocycles. The van der Waals surface area contributed by atoms with Crippen molar-refractivity contribution in [2.75, 3.05) is 6.54 Å². The molecular formula is C17H21NO5S. The summed E-state index contributed by atoms with van der Waals surface area (Å²) in [5, 5.41) is 11.4. The van der Waals surface area contributed by atoms with Crippen LogP contribution >= 0.6 is 0 Å². The van der Waals surface area contributed by atoms with Crippen LogP contribution in [-0.2, 0) is 21.5 Å². The Hall–Kier alpha value is -2.22. The number of nitrogens with one attached hydrogen (secondary N) is 1. The first-order valence-corrected chi connectivity index (χ1v) is 8.73. The fraction of sp³-hybridized carbons (Fsp3) is 0.235. The minimum absolute atomic E-state index is 0.0666. The van der Waals surface area contributed by atoms with E-state index in [2.05, 4.69) is 5.32 Å². The van der Waals surface area contributed by atoms with E-state index in [1.165, 1.54) is 17.7 Å². The van der Waals surface area contributed by atoms with Crippen molar-refractivity contribution in [1.82, 2.24) is 5.32 Å². The first-order valence-electron chi connectivity index (χ1n) is 7.29. The fourth-order valence-electron chi connectivity index (χ4n) is 1.73. The van der Waals surface area contributed by atoms with Crippen molar-refractivity contribution in [3.63, 3.8) is 0 Å². The maximum absolute atomic E-state index is 10.5. The van der Waals surface area contributed by atoms with Crippen molar-refractivity contribution >= 4 is 16.1 Å². The summed E-state index contributed by atoms with van der Waals surface area (Å²) >= 11 is 0. The maximum Gasteiger partial charge on any atom is 0.304 e. The first-order chi connectivity index (χ1) is 11.3. The van der Waals surface area contributed by atoms with E-state index in [4.69, 9.17) is 9.66 Å². The topological polar surface area (TPSA) is 104 Å². The number of benzene rings is 2. The second-order valence-electron chi connectivity index (χ2n) is 5.09. The zero-order chi connectivity index (χ0) is 18.0. The van der Waals surface area contributed by atoms with Crippen LogP contribution in [0.15, 0.2) is 59.5 Å². The van der Waals surface area contributed by atoms with Gasteiger partial charge in [-0.3, -0.25) is 9.35 Å². The molecule has 0 aliphatic rings. The maximum atomic E-state index is 10.5. The molecule has 0 aliphatic heterocycles. The second-order valence-corrected chi connectivity index (χ2v) is 6.52. The third-order valence-electron chi connectivity index (χ3n) is 3.01. The van der Waals surface area contributed by atoms with E-state index in [1.54, 1.807) is 12.1 Å². The molecule has 0 fully saturated rings. The van der Waals surface area contributed by atoms with Gasteiger partial charge in [0.15, 0.2) is 0 Å². The molecule has 0 spiro atoms. The molecular weight excluding hydrogens is 330 g/mol. The van der Waals surface area contributed by atoms with Gasteiger partial charge in [-0.2, -0.15) is 8.42 Å². The lowest BCUT2D eigenvalue weighted by molar-refractivity contribution is -0.136. The molecule has 0 unspecified atom stereocenters. The Kier molecular flexibility index (Phi) is 8.11. The van der Waals surface area contributed by atoms with E-state index < -0.39 is 16.1 Å². The molecule has 3 N–H and O–H groups in total. The fourth-order valence-corrected chi connectivity index (χ4v) is 2.21. The quantitative estimate of drug-likeness (QED) is 0.546. The SMILES string of the molecule is Cc1ccc(S(=O)(=O)O)cc1.O=C(O)CCNCc1ccccc1. The number of hydrogen-bond donors (Lipinski definition) is 3. The first kappa shape index (κ1) is 19.8. The molecule has 0 bridgehead atoms. The smallest absolute Gasteiger partial charge is 0.304 e. The van der Waals surface area contributed by atoms with Crippen LogP contribution < -0.4 is 5.32 Å². The average molecular weight is 351 g/mol. The predicted molar refractivity (Wildman–Crippen MR) is 91.4 cm³/mol. The largest absolute Gasteiger partial charge is 0.481 e. The highest BCUT2D eigenvalue weighted by atomic mass is 32.2. The molecule has 0 heterocycles. The number of carboxylic acid groups (broad SMARTS) is 1. The third kappa shape index (κ3) is 8.42. The number of aliphatic carboxylic acids is 1. The minimum atomic E-state index is -4.02. The summed E-state index contributed by atoms with van der Waals surface area (Å²) in [6.07, 6.45) is 0.173. The normalized spacial score (nSPS) is 10.6. The van der Waals surface area contributed by atoms with Crippen molar-refractivity contribution in [2.24, 2.45) is 0 Å². The van der Waals surface area contributed by atoms with Gasteiger partial charge in [0.25, 0.3) is 10.1 Å². The minimum Gasteiger partial charge on any atom is -0.481 e. The lowest BCUT2D eigenvalue weighted by atomic mass is 10.2. The van der Waals surface area contributed by atoms with Gasteiger partial charge in [0.2, 0.25) is 0 Å². The van der Waals surface area contributed by atoms with Gasteiger partial charge in [0.1, 0.15) is 0 Å². The van der Waals surface area contributed by atoms with Gasteiger partial charge in [-0.15, -0.1) is 0 Å². The summed E-state index contributed by atoms with van der Waals surface area (Å²) in [4.78, 5) is 10.1. The van der Waals surface area contributed by atoms with Crippen molar-refractivity contribution in [1.29, 1.82) is 0 Å². The number of carboxylic acids is 1. The van der Waals surface area contributed by atoms with E-state index in [9.17, 15) is 13.2 Å². The van der Waals surface area contributed by atoms with Crippen LogP contribution in [0.25, 0.3) is 0 Å². The highest BCUT2D eigenvalue weighted by Gasteiger charge is 2.06. The Bertz CT molecular complexity index is 727. The van der Waals surface area contributed by atoms with Crippen LogP contribution in [0, 0.1) is 6.92 Å². The third-order valence-corrected chi connectivity index (χ3v) is 3.87. The number of aryl methyl sites for hydroxylation is 1. The van der Waals surface area contributed by atoms with Crippen LogP contribution in [0.2, 0.25) is 0 Å². The monoisotopic (exact) mass is 351 g/mol. The molecule has 0 saturated carbocycles. The Morgan fingerprint density at radius 3 is 2.12 bits per heavy atom. The van der Waals surface area contributed by atoms with Gasteiger partial charge in [-0.1, -0.05) is 48.0 Å². The van der Waals surface area contributed by atoms with Crippen molar-refractivity contribution < 1.29 is 22.9 Å². The molecule has 130 valence electrons. The summed E-state index contributed by atoms with van der Waals surface area (Å²) in [6, 6.07) is 15.9. The summed E-state index contributed by atoms with van der Waals surface area (Å²) in [6.45, 7) is 3.09. The molecule has 2 aromatic carbocycles. The van der Waals surface area contributed by atoms with Crippen molar-refractivity contribution in [3.8, 4) is 0 Å². The Labute approximate surface area is 141 Å². The van der Waals surface area contributed by atoms with Crippen LogP contribution in [0.4, 0.5) is 0 Å². The summed E-state index contributed by atoms with van der Waals surface area (Å²) in [5.41, 5.74) is 2.13. The lowest BCUT2D eigenvalue weighted by Gasteiger charge is -2.01. The summed E-state index contributed by atoms with van der Waals surface area (Å²) in [5.74, 6) is -0.763. The van der Waals surface area contributed by atoms with Crippen molar-refractivity contribution in [2.45, 2.75) is 24.8 Å². The molecule has 2 rings (SSSR count). The number of hydrogen-bond acceptors (Lipinski definition) is 4. The zero-order valence-electron chi connectivity index (χ0n) is 13.3. The van der Waals surface area contributed by atoms with E-state index in [0.29, 0.717) is 6.54 Å². The average Bonchev–Trinajstić information content (AvgIpc) is 2.53. The molecule has 0 radical (unpaired) electrons. The number of carbonyl (C=O) groups is 1. The van der Waals surface area contributed by atoms with Gasteiger partial charge < -0.3 is 10.4 Å². The molecule has 6 nitrogen and oxygen atoms in total. The van der Waals surface area contributed by atoms with E-state index in [1.807, 2.05) is 37.3 Å². The lowest BCUT2D eigenvalue weighted by Crippen LogP contribution is -2.17. The van der Waals surface area contributed by atoms with Crippen molar-refractivity contribution in [3.05, 3.63) is 65.7 Å². The zero-order valence-corrected chi connectivity index (χ0v) is 14.2. The summed E-state index contributed by atoms with van der Waals surface area (Å²) < 4.78 is 29.6. The molecule has 24 heavy (non-hydrogen) atoms. The second kappa shape index (κ2) is 9.82. The van der Waals surface area contributed by atoms with Gasteiger partial charge in [-0.05, 0) is 24.6 Å². The molecule has 7 heteroatoms. The van der Waals surface area contributed by atoms with Gasteiger partial charge in [-0.25, -0.2) is 0 Å². The van der Waals surface area contributed by atoms with Gasteiger partial charge in [0.05, 0.1) is 11.3 Å². The number of rotatable bonds is 6. The van der Waals surface area contributed by atoms with Crippen LogP contribution in [0.3, 0.4) is 0 Å². The molecule has 0 amide bonds. The van der Waals surface area contributed by atoms with E-state index >= 15 is 0 Å².